The Bertz CT molecular complexity index is 770. The lowest BCUT2D eigenvalue weighted by Crippen LogP contribution is -2.19. The van der Waals surface area contributed by atoms with E-state index in [2.05, 4.69) is 30.9 Å². The molecule has 0 spiro atoms. The third-order valence-corrected chi connectivity index (χ3v) is 3.04. The van der Waals surface area contributed by atoms with E-state index in [1.807, 2.05) is 6.07 Å². The fraction of sp³-hybridized carbons (Fsp3) is 0. The van der Waals surface area contributed by atoms with Crippen molar-refractivity contribution in [1.82, 2.24) is 19.5 Å². The molecular weight excluding hydrogens is 296 g/mol. The van der Waals surface area contributed by atoms with Crippen LogP contribution in [0.4, 0.5) is 0 Å². The minimum Gasteiger partial charge on any atom is -0.268 e. The second-order valence-electron chi connectivity index (χ2n) is 3.68. The van der Waals surface area contributed by atoms with Gasteiger partial charge >= 0.3 is 0 Å². The quantitative estimate of drug-likeness (QED) is 0.689. The van der Waals surface area contributed by atoms with Gasteiger partial charge in [-0.2, -0.15) is 0 Å². The Morgan fingerprint density at radius 1 is 1.17 bits per heavy atom. The summed E-state index contributed by atoms with van der Waals surface area (Å²) in [4.78, 5) is 24.4. The van der Waals surface area contributed by atoms with Gasteiger partial charge in [0, 0.05) is 4.47 Å². The van der Waals surface area contributed by atoms with Crippen molar-refractivity contribution in [2.24, 2.45) is 0 Å². The van der Waals surface area contributed by atoms with Gasteiger partial charge in [-0.25, -0.2) is 15.0 Å². The molecule has 0 saturated heterocycles. The lowest BCUT2D eigenvalue weighted by Gasteiger charge is -2.05. The predicted molar refractivity (Wildman–Crippen MR) is 70.6 cm³/mol. The third kappa shape index (κ3) is 1.80. The summed E-state index contributed by atoms with van der Waals surface area (Å²) < 4.78 is 2.27. The van der Waals surface area contributed by atoms with Crippen LogP contribution in [0.25, 0.3) is 16.6 Å². The summed E-state index contributed by atoms with van der Waals surface area (Å²) in [5.41, 5.74) is 1.12. The van der Waals surface area contributed by atoms with Crippen LogP contribution < -0.4 is 5.56 Å². The molecule has 0 aliphatic rings. The van der Waals surface area contributed by atoms with Crippen LogP contribution in [-0.4, -0.2) is 19.5 Å². The molecule has 0 radical (unpaired) electrons. The Morgan fingerprint density at radius 2 is 1.94 bits per heavy atom. The first-order chi connectivity index (χ1) is 8.75. The smallest absolute Gasteiger partial charge is 0.265 e. The molecule has 3 rings (SSSR count). The van der Waals surface area contributed by atoms with Gasteiger partial charge in [0.05, 0.1) is 29.0 Å². The van der Waals surface area contributed by atoms with Crippen LogP contribution in [0, 0.1) is 0 Å². The van der Waals surface area contributed by atoms with Gasteiger partial charge in [-0.1, -0.05) is 15.9 Å². The van der Waals surface area contributed by atoms with Crippen molar-refractivity contribution in [2.45, 2.75) is 0 Å². The minimum atomic E-state index is -0.142. The van der Waals surface area contributed by atoms with Crippen molar-refractivity contribution < 1.29 is 0 Å². The highest BCUT2D eigenvalue weighted by Crippen LogP contribution is 2.15. The van der Waals surface area contributed by atoms with E-state index in [9.17, 15) is 4.79 Å². The number of hydrogen-bond donors (Lipinski definition) is 0. The normalized spacial score (nSPS) is 10.7. The molecule has 88 valence electrons. The highest BCUT2D eigenvalue weighted by molar-refractivity contribution is 9.10. The van der Waals surface area contributed by atoms with Crippen LogP contribution in [0.15, 0.2) is 52.5 Å². The molecule has 0 fully saturated rings. The Kier molecular flexibility index (Phi) is 2.64. The van der Waals surface area contributed by atoms with E-state index < -0.39 is 0 Å². The first-order valence-corrected chi connectivity index (χ1v) is 5.97. The number of fused-ring (bicyclic) bond motifs is 1. The molecule has 0 unspecified atom stereocenters. The molecule has 18 heavy (non-hydrogen) atoms. The SMILES string of the molecule is O=c1c2cc(Br)ccc2ncn1-c1cncnc1. The maximum absolute atomic E-state index is 12.3. The fourth-order valence-corrected chi connectivity index (χ4v) is 2.05. The van der Waals surface area contributed by atoms with Gasteiger partial charge in [0.1, 0.15) is 12.7 Å². The summed E-state index contributed by atoms with van der Waals surface area (Å²) in [7, 11) is 0. The Labute approximate surface area is 110 Å². The number of halogens is 1. The average Bonchev–Trinajstić information content (AvgIpc) is 2.41. The summed E-state index contributed by atoms with van der Waals surface area (Å²) in [5.74, 6) is 0. The minimum absolute atomic E-state index is 0.142. The zero-order valence-corrected chi connectivity index (χ0v) is 10.7. The van der Waals surface area contributed by atoms with E-state index in [-0.39, 0.29) is 5.56 Å². The molecule has 0 aliphatic heterocycles. The van der Waals surface area contributed by atoms with Crippen molar-refractivity contribution >= 4 is 26.8 Å². The second-order valence-corrected chi connectivity index (χ2v) is 4.59. The highest BCUT2D eigenvalue weighted by Gasteiger charge is 2.06. The van der Waals surface area contributed by atoms with E-state index in [1.54, 1.807) is 24.5 Å². The molecule has 0 saturated carbocycles. The summed E-state index contributed by atoms with van der Waals surface area (Å²) >= 11 is 3.35. The predicted octanol–water partition coefficient (Wildman–Crippen LogP) is 1.94. The van der Waals surface area contributed by atoms with Gasteiger partial charge in [-0.05, 0) is 18.2 Å². The molecule has 1 aromatic carbocycles. The highest BCUT2D eigenvalue weighted by atomic mass is 79.9. The van der Waals surface area contributed by atoms with Gasteiger partial charge in [0.15, 0.2) is 0 Å². The maximum Gasteiger partial charge on any atom is 0.265 e. The molecule has 0 aliphatic carbocycles. The average molecular weight is 303 g/mol. The summed E-state index contributed by atoms with van der Waals surface area (Å²) in [6.45, 7) is 0. The fourth-order valence-electron chi connectivity index (χ4n) is 1.69. The Balaban J connectivity index is 2.33. The molecule has 0 amide bonds. The van der Waals surface area contributed by atoms with Crippen molar-refractivity contribution in [3.05, 3.63) is 58.1 Å². The van der Waals surface area contributed by atoms with E-state index in [0.717, 1.165) is 4.47 Å². The van der Waals surface area contributed by atoms with Crippen LogP contribution in [0.3, 0.4) is 0 Å². The Morgan fingerprint density at radius 3 is 2.72 bits per heavy atom. The maximum atomic E-state index is 12.3. The van der Waals surface area contributed by atoms with Gasteiger partial charge in [-0.3, -0.25) is 9.36 Å². The number of nitrogens with zero attached hydrogens (tertiary/aromatic N) is 4. The standard InChI is InChI=1S/C12H7BrN4O/c13-8-1-2-11-10(3-8)12(18)17(7-16-11)9-4-14-6-15-5-9/h1-7H. The molecule has 0 atom stereocenters. The molecule has 0 bridgehead atoms. The largest absolute Gasteiger partial charge is 0.268 e. The van der Waals surface area contributed by atoms with Gasteiger partial charge in [-0.15, -0.1) is 0 Å². The molecule has 3 aromatic rings. The van der Waals surface area contributed by atoms with Gasteiger partial charge in [0.2, 0.25) is 0 Å². The number of benzene rings is 1. The van der Waals surface area contributed by atoms with E-state index in [1.165, 1.54) is 17.2 Å². The summed E-state index contributed by atoms with van der Waals surface area (Å²) in [5, 5.41) is 0.552. The van der Waals surface area contributed by atoms with Crippen LogP contribution in [0.5, 0.6) is 0 Å². The monoisotopic (exact) mass is 302 g/mol. The first-order valence-electron chi connectivity index (χ1n) is 5.18. The zero-order valence-electron chi connectivity index (χ0n) is 9.12. The van der Waals surface area contributed by atoms with Crippen LogP contribution >= 0.6 is 15.9 Å². The van der Waals surface area contributed by atoms with Crippen molar-refractivity contribution in [1.29, 1.82) is 0 Å². The lowest BCUT2D eigenvalue weighted by molar-refractivity contribution is 0.937. The third-order valence-electron chi connectivity index (χ3n) is 2.55. The van der Waals surface area contributed by atoms with Crippen LogP contribution in [-0.2, 0) is 0 Å². The van der Waals surface area contributed by atoms with Crippen molar-refractivity contribution in [3.8, 4) is 5.69 Å². The molecule has 0 N–H and O–H groups in total. The van der Waals surface area contributed by atoms with E-state index in [0.29, 0.717) is 16.6 Å². The van der Waals surface area contributed by atoms with Crippen molar-refractivity contribution in [2.75, 3.05) is 0 Å². The van der Waals surface area contributed by atoms with Gasteiger partial charge < -0.3 is 0 Å². The zero-order chi connectivity index (χ0) is 12.5. The van der Waals surface area contributed by atoms with Crippen LogP contribution in [0.1, 0.15) is 0 Å². The van der Waals surface area contributed by atoms with Gasteiger partial charge in [0.25, 0.3) is 5.56 Å². The number of rotatable bonds is 1. The summed E-state index contributed by atoms with van der Waals surface area (Å²) in [6, 6.07) is 5.41. The first kappa shape index (κ1) is 11.0. The van der Waals surface area contributed by atoms with E-state index >= 15 is 0 Å². The summed E-state index contributed by atoms with van der Waals surface area (Å²) in [6.07, 6.45) is 6.04. The molecule has 2 heterocycles. The van der Waals surface area contributed by atoms with Crippen molar-refractivity contribution in [3.63, 3.8) is 0 Å². The molecular formula is C12H7BrN4O. The van der Waals surface area contributed by atoms with Crippen LogP contribution in [0.2, 0.25) is 0 Å². The molecule has 2 aromatic heterocycles. The molecule has 5 nitrogen and oxygen atoms in total. The second kappa shape index (κ2) is 4.30. The topological polar surface area (TPSA) is 60.7 Å². The number of aromatic nitrogens is 4. The Hall–Kier alpha value is -2.08. The molecule has 6 heteroatoms. The lowest BCUT2D eigenvalue weighted by atomic mass is 10.2. The number of hydrogen-bond acceptors (Lipinski definition) is 4. The van der Waals surface area contributed by atoms with E-state index in [4.69, 9.17) is 0 Å².